The van der Waals surface area contributed by atoms with E-state index in [2.05, 4.69) is 5.32 Å². The number of aliphatic hydroxyl groups excluding tert-OH is 1. The Morgan fingerprint density at radius 1 is 1.13 bits per heavy atom. The Kier molecular flexibility index (Phi) is 7.07. The SMILES string of the molecule is O=C(CCOCc1ccccc1)NCC(O)c1ccc(Cl)cc1. The van der Waals surface area contributed by atoms with Gasteiger partial charge in [0.2, 0.25) is 5.91 Å². The molecule has 0 saturated heterocycles. The Bertz CT molecular complexity index is 601. The van der Waals surface area contributed by atoms with Gasteiger partial charge in [-0.05, 0) is 23.3 Å². The summed E-state index contributed by atoms with van der Waals surface area (Å²) >= 11 is 5.79. The van der Waals surface area contributed by atoms with E-state index in [0.717, 1.165) is 11.1 Å². The third-order valence-corrected chi connectivity index (χ3v) is 3.58. The highest BCUT2D eigenvalue weighted by atomic mass is 35.5. The number of hydrogen-bond acceptors (Lipinski definition) is 3. The highest BCUT2D eigenvalue weighted by Gasteiger charge is 2.09. The second-order valence-electron chi connectivity index (χ2n) is 5.16. The van der Waals surface area contributed by atoms with Crippen LogP contribution < -0.4 is 5.32 Å². The van der Waals surface area contributed by atoms with Crippen molar-refractivity contribution >= 4 is 17.5 Å². The summed E-state index contributed by atoms with van der Waals surface area (Å²) in [5.74, 6) is -0.147. The van der Waals surface area contributed by atoms with Gasteiger partial charge < -0.3 is 15.2 Å². The number of nitrogens with one attached hydrogen (secondary N) is 1. The minimum atomic E-state index is -0.749. The van der Waals surface area contributed by atoms with E-state index in [1.54, 1.807) is 24.3 Å². The van der Waals surface area contributed by atoms with Crippen molar-refractivity contribution in [2.75, 3.05) is 13.2 Å². The van der Waals surface area contributed by atoms with Crippen molar-refractivity contribution in [3.05, 3.63) is 70.7 Å². The van der Waals surface area contributed by atoms with Gasteiger partial charge >= 0.3 is 0 Å². The smallest absolute Gasteiger partial charge is 0.222 e. The van der Waals surface area contributed by atoms with Crippen LogP contribution in [0.2, 0.25) is 5.02 Å². The molecule has 0 fully saturated rings. The van der Waals surface area contributed by atoms with E-state index < -0.39 is 6.10 Å². The van der Waals surface area contributed by atoms with Gasteiger partial charge in [-0.2, -0.15) is 0 Å². The summed E-state index contributed by atoms with van der Waals surface area (Å²) in [6, 6.07) is 16.7. The zero-order valence-corrected chi connectivity index (χ0v) is 13.5. The fraction of sp³-hybridized carbons (Fsp3) is 0.278. The Morgan fingerprint density at radius 3 is 2.52 bits per heavy atom. The standard InChI is InChI=1S/C18H20ClNO3/c19-16-8-6-15(7-9-16)17(21)12-20-18(22)10-11-23-13-14-4-2-1-3-5-14/h1-9,17,21H,10-13H2,(H,20,22). The summed E-state index contributed by atoms with van der Waals surface area (Å²) in [4.78, 5) is 11.7. The van der Waals surface area contributed by atoms with Crippen LogP contribution in [0.1, 0.15) is 23.7 Å². The highest BCUT2D eigenvalue weighted by molar-refractivity contribution is 6.30. The van der Waals surface area contributed by atoms with Crippen molar-refractivity contribution in [1.29, 1.82) is 0 Å². The zero-order valence-electron chi connectivity index (χ0n) is 12.7. The Hall–Kier alpha value is -1.88. The van der Waals surface area contributed by atoms with Gasteiger partial charge in [0.1, 0.15) is 0 Å². The predicted octanol–water partition coefficient (Wildman–Crippen LogP) is 3.10. The number of rotatable bonds is 8. The highest BCUT2D eigenvalue weighted by Crippen LogP contribution is 2.15. The van der Waals surface area contributed by atoms with Gasteiger partial charge in [-0.15, -0.1) is 0 Å². The second-order valence-corrected chi connectivity index (χ2v) is 5.60. The molecule has 2 aromatic carbocycles. The molecule has 0 aliphatic carbocycles. The molecule has 1 unspecified atom stereocenters. The molecule has 4 nitrogen and oxygen atoms in total. The Balaban J connectivity index is 1.62. The van der Waals surface area contributed by atoms with Crippen LogP contribution in [-0.2, 0) is 16.1 Å². The quantitative estimate of drug-likeness (QED) is 0.730. The summed E-state index contributed by atoms with van der Waals surface area (Å²) in [5, 5.41) is 13.3. The molecule has 2 aromatic rings. The molecule has 1 amide bonds. The van der Waals surface area contributed by atoms with Crippen LogP contribution in [0.4, 0.5) is 0 Å². The van der Waals surface area contributed by atoms with Gasteiger partial charge in [-0.3, -0.25) is 4.79 Å². The molecule has 2 N–H and O–H groups in total. The number of aliphatic hydroxyl groups is 1. The largest absolute Gasteiger partial charge is 0.387 e. The lowest BCUT2D eigenvalue weighted by molar-refractivity contribution is -0.122. The van der Waals surface area contributed by atoms with Crippen molar-refractivity contribution in [3.63, 3.8) is 0 Å². The molecule has 0 radical (unpaired) electrons. The lowest BCUT2D eigenvalue weighted by atomic mass is 10.1. The summed E-state index contributed by atoms with van der Waals surface area (Å²) < 4.78 is 5.46. The molecule has 5 heteroatoms. The molecule has 0 saturated carbocycles. The molecule has 1 atom stereocenters. The number of amides is 1. The van der Waals surface area contributed by atoms with Crippen molar-refractivity contribution in [1.82, 2.24) is 5.32 Å². The predicted molar refractivity (Wildman–Crippen MR) is 90.1 cm³/mol. The van der Waals surface area contributed by atoms with E-state index in [0.29, 0.717) is 18.2 Å². The maximum Gasteiger partial charge on any atom is 0.222 e. The molecular weight excluding hydrogens is 314 g/mol. The maximum atomic E-state index is 11.7. The van der Waals surface area contributed by atoms with Crippen molar-refractivity contribution < 1.29 is 14.6 Å². The summed E-state index contributed by atoms with van der Waals surface area (Å²) in [6.45, 7) is 0.998. The van der Waals surface area contributed by atoms with Crippen molar-refractivity contribution in [2.45, 2.75) is 19.1 Å². The van der Waals surface area contributed by atoms with Crippen molar-refractivity contribution in [3.8, 4) is 0 Å². The topological polar surface area (TPSA) is 58.6 Å². The van der Waals surface area contributed by atoms with Crippen LogP contribution in [-0.4, -0.2) is 24.2 Å². The van der Waals surface area contributed by atoms with E-state index in [1.165, 1.54) is 0 Å². The molecule has 0 aliphatic heterocycles. The number of hydrogen-bond donors (Lipinski definition) is 2. The van der Waals surface area contributed by atoms with Gasteiger partial charge in [0, 0.05) is 18.0 Å². The normalized spacial score (nSPS) is 11.9. The number of halogens is 1. The van der Waals surface area contributed by atoms with Gasteiger partial charge in [0.15, 0.2) is 0 Å². The summed E-state index contributed by atoms with van der Waals surface area (Å²) in [7, 11) is 0. The summed E-state index contributed by atoms with van der Waals surface area (Å²) in [6.07, 6.45) is -0.485. The van der Waals surface area contributed by atoms with Gasteiger partial charge in [0.25, 0.3) is 0 Å². The number of carbonyl (C=O) groups is 1. The third-order valence-electron chi connectivity index (χ3n) is 3.33. The lowest BCUT2D eigenvalue weighted by Crippen LogP contribution is -2.29. The average Bonchev–Trinajstić information content (AvgIpc) is 2.58. The lowest BCUT2D eigenvalue weighted by Gasteiger charge is -2.12. The molecule has 0 bridgehead atoms. The van der Waals surface area contributed by atoms with E-state index in [-0.39, 0.29) is 18.9 Å². The fourth-order valence-corrected chi connectivity index (χ4v) is 2.16. The van der Waals surface area contributed by atoms with Crippen molar-refractivity contribution in [2.24, 2.45) is 0 Å². The van der Waals surface area contributed by atoms with Crippen LogP contribution in [0, 0.1) is 0 Å². The van der Waals surface area contributed by atoms with E-state index in [1.807, 2.05) is 30.3 Å². The molecule has 0 aliphatic rings. The van der Waals surface area contributed by atoms with Gasteiger partial charge in [-0.25, -0.2) is 0 Å². The summed E-state index contributed by atoms with van der Waals surface area (Å²) in [5.41, 5.74) is 1.79. The Morgan fingerprint density at radius 2 is 1.83 bits per heavy atom. The fourth-order valence-electron chi connectivity index (χ4n) is 2.03. The molecule has 23 heavy (non-hydrogen) atoms. The van der Waals surface area contributed by atoms with Gasteiger partial charge in [0.05, 0.1) is 19.3 Å². The van der Waals surface area contributed by atoms with Crippen LogP contribution in [0.15, 0.2) is 54.6 Å². The van der Waals surface area contributed by atoms with E-state index in [9.17, 15) is 9.90 Å². The first kappa shape index (κ1) is 17.5. The van der Waals surface area contributed by atoms with Crippen LogP contribution in [0.3, 0.4) is 0 Å². The van der Waals surface area contributed by atoms with Gasteiger partial charge in [-0.1, -0.05) is 54.1 Å². The van der Waals surface area contributed by atoms with E-state index in [4.69, 9.17) is 16.3 Å². The molecular formula is C18H20ClNO3. The third kappa shape index (κ3) is 6.40. The Labute approximate surface area is 141 Å². The molecule has 122 valence electrons. The van der Waals surface area contributed by atoms with Crippen LogP contribution >= 0.6 is 11.6 Å². The average molecular weight is 334 g/mol. The first-order chi connectivity index (χ1) is 11.1. The van der Waals surface area contributed by atoms with E-state index >= 15 is 0 Å². The van der Waals surface area contributed by atoms with Crippen LogP contribution in [0.5, 0.6) is 0 Å². The second kappa shape index (κ2) is 9.30. The minimum absolute atomic E-state index is 0.147. The molecule has 0 spiro atoms. The number of carbonyl (C=O) groups excluding carboxylic acids is 1. The number of benzene rings is 2. The molecule has 0 heterocycles. The molecule has 0 aromatic heterocycles. The minimum Gasteiger partial charge on any atom is -0.387 e. The molecule has 2 rings (SSSR count). The maximum absolute atomic E-state index is 11.7. The monoisotopic (exact) mass is 333 g/mol. The van der Waals surface area contributed by atoms with Crippen LogP contribution in [0.25, 0.3) is 0 Å². The first-order valence-electron chi connectivity index (χ1n) is 7.47. The zero-order chi connectivity index (χ0) is 16.5. The first-order valence-corrected chi connectivity index (χ1v) is 7.85. The number of ether oxygens (including phenoxy) is 1.